The largest absolute Gasteiger partial charge is 0.0654 e. The molecule has 0 aliphatic heterocycles. The Labute approximate surface area is 104 Å². The zero-order chi connectivity index (χ0) is 12.1. The first-order chi connectivity index (χ1) is 7.85. The van der Waals surface area contributed by atoms with Gasteiger partial charge in [-0.1, -0.05) is 85.0 Å². The van der Waals surface area contributed by atoms with Crippen molar-refractivity contribution in [2.24, 2.45) is 5.92 Å². The topological polar surface area (TPSA) is 0 Å². The molecule has 0 aromatic heterocycles. The smallest absolute Gasteiger partial charge is 0.0355 e. The highest BCUT2D eigenvalue weighted by atomic mass is 14.2. The maximum Gasteiger partial charge on any atom is -0.0355 e. The number of unbranched alkanes of at least 4 members (excludes halogenated alkanes) is 5. The third kappa shape index (κ3) is 10.5. The molecule has 0 spiro atoms. The SMILES string of the molecule is CCC1[CH]CCCC1.[CH2]CCCCCCC. The van der Waals surface area contributed by atoms with Crippen LogP contribution in [0.15, 0.2) is 0 Å². The lowest BCUT2D eigenvalue weighted by atomic mass is 9.88. The first-order valence-corrected chi connectivity index (χ1v) is 7.47. The van der Waals surface area contributed by atoms with Gasteiger partial charge in [0.15, 0.2) is 0 Å². The van der Waals surface area contributed by atoms with Crippen LogP contribution in [0.3, 0.4) is 0 Å². The molecular weight excluding hydrogens is 192 g/mol. The van der Waals surface area contributed by atoms with Crippen LogP contribution < -0.4 is 0 Å². The molecule has 1 rings (SSSR count). The van der Waals surface area contributed by atoms with Gasteiger partial charge in [-0.15, -0.1) is 0 Å². The second-order valence-corrected chi connectivity index (χ2v) is 4.96. The predicted molar refractivity (Wildman–Crippen MR) is 75.3 cm³/mol. The highest BCUT2D eigenvalue weighted by Crippen LogP contribution is 2.24. The van der Waals surface area contributed by atoms with Gasteiger partial charge in [0.1, 0.15) is 0 Å². The van der Waals surface area contributed by atoms with Gasteiger partial charge in [0.2, 0.25) is 0 Å². The first-order valence-electron chi connectivity index (χ1n) is 7.47. The number of hydrogen-bond donors (Lipinski definition) is 0. The Balaban J connectivity index is 0.000000281. The van der Waals surface area contributed by atoms with E-state index in [1.807, 2.05) is 0 Å². The zero-order valence-corrected chi connectivity index (χ0v) is 11.6. The molecule has 0 amide bonds. The van der Waals surface area contributed by atoms with Crippen LogP contribution in [0, 0.1) is 19.3 Å². The molecule has 16 heavy (non-hydrogen) atoms. The van der Waals surface area contributed by atoms with Gasteiger partial charge in [0, 0.05) is 0 Å². The Morgan fingerprint density at radius 1 is 1.06 bits per heavy atom. The predicted octanol–water partition coefficient (Wildman–Crippen LogP) is 5.97. The molecule has 1 fully saturated rings. The molecule has 1 unspecified atom stereocenters. The van der Waals surface area contributed by atoms with Gasteiger partial charge in [-0.05, 0) is 18.8 Å². The van der Waals surface area contributed by atoms with Crippen LogP contribution in [0.2, 0.25) is 0 Å². The molecule has 0 heterocycles. The third-order valence-electron chi connectivity index (χ3n) is 3.41. The van der Waals surface area contributed by atoms with Crippen LogP contribution in [0.1, 0.15) is 84.5 Å². The minimum atomic E-state index is 0.962. The Hall–Kier alpha value is 0. The minimum absolute atomic E-state index is 0.962. The summed E-state index contributed by atoms with van der Waals surface area (Å²) in [5.74, 6) is 0.962. The van der Waals surface area contributed by atoms with Crippen molar-refractivity contribution < 1.29 is 0 Å². The van der Waals surface area contributed by atoms with Gasteiger partial charge in [-0.3, -0.25) is 0 Å². The average molecular weight is 224 g/mol. The Kier molecular flexibility index (Phi) is 13.1. The van der Waals surface area contributed by atoms with Crippen LogP contribution in [0.5, 0.6) is 0 Å². The average Bonchev–Trinajstić information content (AvgIpc) is 2.36. The van der Waals surface area contributed by atoms with E-state index in [0.29, 0.717) is 0 Å². The molecule has 96 valence electrons. The molecule has 0 bridgehead atoms. The van der Waals surface area contributed by atoms with Crippen molar-refractivity contribution >= 4 is 0 Å². The normalized spacial score (nSPS) is 16.7. The van der Waals surface area contributed by atoms with E-state index >= 15 is 0 Å². The van der Waals surface area contributed by atoms with E-state index in [2.05, 4.69) is 27.2 Å². The molecule has 1 atom stereocenters. The fourth-order valence-corrected chi connectivity index (χ4v) is 2.17. The van der Waals surface area contributed by atoms with E-state index < -0.39 is 0 Å². The van der Waals surface area contributed by atoms with Crippen molar-refractivity contribution in [2.45, 2.75) is 84.5 Å². The van der Waals surface area contributed by atoms with Crippen molar-refractivity contribution in [1.29, 1.82) is 0 Å². The fourth-order valence-electron chi connectivity index (χ4n) is 2.17. The summed E-state index contributed by atoms with van der Waals surface area (Å²) < 4.78 is 0. The zero-order valence-electron chi connectivity index (χ0n) is 11.6. The van der Waals surface area contributed by atoms with E-state index in [1.165, 1.54) is 64.2 Å². The number of hydrogen-bond acceptors (Lipinski definition) is 0. The van der Waals surface area contributed by atoms with Crippen LogP contribution in [0.4, 0.5) is 0 Å². The van der Waals surface area contributed by atoms with Crippen molar-refractivity contribution in [1.82, 2.24) is 0 Å². The third-order valence-corrected chi connectivity index (χ3v) is 3.41. The Morgan fingerprint density at radius 3 is 2.25 bits per heavy atom. The molecule has 0 saturated heterocycles. The van der Waals surface area contributed by atoms with E-state index in [4.69, 9.17) is 0 Å². The maximum absolute atomic E-state index is 3.78. The molecule has 0 aromatic rings. The molecule has 0 nitrogen and oxygen atoms in total. The monoisotopic (exact) mass is 224 g/mol. The van der Waals surface area contributed by atoms with Crippen LogP contribution in [-0.4, -0.2) is 0 Å². The highest BCUT2D eigenvalue weighted by molar-refractivity contribution is 4.79. The lowest BCUT2D eigenvalue weighted by Gasteiger charge is -2.18. The van der Waals surface area contributed by atoms with Gasteiger partial charge >= 0.3 is 0 Å². The second kappa shape index (κ2) is 13.1. The van der Waals surface area contributed by atoms with Gasteiger partial charge in [0.05, 0.1) is 0 Å². The van der Waals surface area contributed by atoms with Gasteiger partial charge in [0.25, 0.3) is 0 Å². The molecule has 0 aromatic carbocycles. The summed E-state index contributed by atoms with van der Waals surface area (Å²) in [4.78, 5) is 0. The molecular formula is C16H32. The van der Waals surface area contributed by atoms with Crippen molar-refractivity contribution in [3.63, 3.8) is 0 Å². The van der Waals surface area contributed by atoms with E-state index in [0.717, 1.165) is 12.3 Å². The van der Waals surface area contributed by atoms with E-state index in [-0.39, 0.29) is 0 Å². The van der Waals surface area contributed by atoms with Crippen LogP contribution in [0.25, 0.3) is 0 Å². The van der Waals surface area contributed by atoms with E-state index in [9.17, 15) is 0 Å². The van der Waals surface area contributed by atoms with Gasteiger partial charge in [-0.2, -0.15) is 0 Å². The summed E-state index contributed by atoms with van der Waals surface area (Å²) >= 11 is 0. The summed E-state index contributed by atoms with van der Waals surface area (Å²) in [6.07, 6.45) is 17.6. The molecule has 1 saturated carbocycles. The lowest BCUT2D eigenvalue weighted by Crippen LogP contribution is -2.04. The lowest BCUT2D eigenvalue weighted by molar-refractivity contribution is 0.435. The standard InChI is InChI=1S/C8H15.C8H17/c1-2-8-6-4-3-5-7-8;1-3-5-7-8-6-4-2/h6,8H,2-5,7H2,1H3;1,3-8H2,2H3. The van der Waals surface area contributed by atoms with Crippen molar-refractivity contribution in [3.05, 3.63) is 13.3 Å². The van der Waals surface area contributed by atoms with Gasteiger partial charge < -0.3 is 0 Å². The summed E-state index contributed by atoms with van der Waals surface area (Å²) in [6, 6.07) is 0. The molecule has 2 radical (unpaired) electrons. The van der Waals surface area contributed by atoms with Crippen LogP contribution >= 0.6 is 0 Å². The summed E-state index contributed by atoms with van der Waals surface area (Å²) in [7, 11) is 0. The van der Waals surface area contributed by atoms with E-state index in [1.54, 1.807) is 0 Å². The van der Waals surface area contributed by atoms with Crippen LogP contribution in [-0.2, 0) is 0 Å². The van der Waals surface area contributed by atoms with Crippen molar-refractivity contribution in [3.8, 4) is 0 Å². The first kappa shape index (κ1) is 16.0. The highest BCUT2D eigenvalue weighted by Gasteiger charge is 2.09. The summed E-state index contributed by atoms with van der Waals surface area (Å²) in [5, 5.41) is 0. The Bertz CT molecular complexity index is 105. The minimum Gasteiger partial charge on any atom is -0.0654 e. The molecule has 0 heteroatoms. The maximum atomic E-state index is 3.78. The van der Waals surface area contributed by atoms with Gasteiger partial charge in [-0.25, -0.2) is 0 Å². The van der Waals surface area contributed by atoms with Crippen molar-refractivity contribution in [2.75, 3.05) is 0 Å². The fraction of sp³-hybridized carbons (Fsp3) is 0.875. The summed E-state index contributed by atoms with van der Waals surface area (Å²) in [5.41, 5.74) is 0. The molecule has 1 aliphatic carbocycles. The summed E-state index contributed by atoms with van der Waals surface area (Å²) in [6.45, 7) is 8.31. The second-order valence-electron chi connectivity index (χ2n) is 4.96. The number of rotatable bonds is 6. The Morgan fingerprint density at radius 2 is 1.81 bits per heavy atom. The molecule has 0 N–H and O–H groups in total. The molecule has 1 aliphatic rings. The quantitative estimate of drug-likeness (QED) is 0.487.